The molecule has 3 heterocycles. The Bertz CT molecular complexity index is 1120. The lowest BCUT2D eigenvalue weighted by Gasteiger charge is -2.40. The van der Waals surface area contributed by atoms with Gasteiger partial charge < -0.3 is 24.5 Å². The number of carbonyl (C=O) groups is 3. The number of unbranched alkanes of at least 4 members (excludes halogenated alkanes) is 1. The maximum Gasteiger partial charge on any atom is 0.310 e. The highest BCUT2D eigenvalue weighted by Crippen LogP contribution is 2.68. The molecule has 1 aromatic carbocycles. The summed E-state index contributed by atoms with van der Waals surface area (Å²) in [6.45, 7) is 16.5. The number of aliphatic hydroxyl groups excluding tert-OH is 1. The van der Waals surface area contributed by atoms with Crippen LogP contribution in [0.25, 0.3) is 0 Å². The molecule has 1 spiro atoms. The third kappa shape index (κ3) is 5.55. The second kappa shape index (κ2) is 13.5. The quantitative estimate of drug-likeness (QED) is 0.187. The molecule has 3 unspecified atom stereocenters. The summed E-state index contributed by atoms with van der Waals surface area (Å²) in [4.78, 5) is 47.8. The standard InChI is InChI=1S/C32H45N3O5S/c1-6-10-11-20-40-31(39)26-25-21-22(5)32(41-25)27(26)29(37)35(18-12-19-36)28(32)30(38)34(17-7-2)24-15-13-23(14-16-24)33(8-3)9-4/h6-7,13-16,22,25-28,36H,1-2,8-12,17-21H2,3-5H3/t22?,25-,26+,27-,28?,32?/m0/s1. The molecule has 3 aliphatic rings. The van der Waals surface area contributed by atoms with Crippen molar-refractivity contribution in [3.8, 4) is 0 Å². The zero-order chi connectivity index (χ0) is 29.7. The van der Waals surface area contributed by atoms with Crippen molar-refractivity contribution in [2.24, 2.45) is 17.8 Å². The van der Waals surface area contributed by atoms with Gasteiger partial charge in [0.1, 0.15) is 6.04 Å². The molecule has 0 aliphatic carbocycles. The average Bonchev–Trinajstić information content (AvgIpc) is 3.57. The van der Waals surface area contributed by atoms with Crippen LogP contribution in [0.5, 0.6) is 0 Å². The molecule has 1 aromatic rings. The third-order valence-corrected chi connectivity index (χ3v) is 11.0. The van der Waals surface area contributed by atoms with Crippen LogP contribution in [-0.4, -0.2) is 83.2 Å². The van der Waals surface area contributed by atoms with Crippen LogP contribution in [0, 0.1) is 17.8 Å². The molecule has 4 rings (SSSR count). The van der Waals surface area contributed by atoms with Crippen molar-refractivity contribution >= 4 is 40.9 Å². The monoisotopic (exact) mass is 583 g/mol. The van der Waals surface area contributed by atoms with Gasteiger partial charge in [-0.05, 0) is 69.7 Å². The summed E-state index contributed by atoms with van der Waals surface area (Å²) in [5.41, 5.74) is 1.82. The number of likely N-dealkylation sites (tertiary alicyclic amines) is 1. The molecule has 41 heavy (non-hydrogen) atoms. The predicted octanol–water partition coefficient (Wildman–Crippen LogP) is 4.28. The Kier molecular flexibility index (Phi) is 10.2. The van der Waals surface area contributed by atoms with Crippen molar-refractivity contribution in [1.29, 1.82) is 0 Å². The Morgan fingerprint density at radius 1 is 1.15 bits per heavy atom. The fourth-order valence-corrected chi connectivity index (χ4v) is 9.48. The van der Waals surface area contributed by atoms with Gasteiger partial charge in [0.05, 0.1) is 23.2 Å². The van der Waals surface area contributed by atoms with Crippen LogP contribution in [-0.2, 0) is 19.1 Å². The Hall–Kier alpha value is -2.78. The molecule has 0 saturated carbocycles. The van der Waals surface area contributed by atoms with Gasteiger partial charge >= 0.3 is 5.97 Å². The normalized spacial score (nSPS) is 28.0. The average molecular weight is 584 g/mol. The van der Waals surface area contributed by atoms with Crippen LogP contribution < -0.4 is 9.80 Å². The number of fused-ring (bicyclic) bond motifs is 1. The van der Waals surface area contributed by atoms with Gasteiger partial charge in [-0.1, -0.05) is 19.1 Å². The highest BCUT2D eigenvalue weighted by molar-refractivity contribution is 8.02. The van der Waals surface area contributed by atoms with Gasteiger partial charge in [0.2, 0.25) is 5.91 Å². The summed E-state index contributed by atoms with van der Waals surface area (Å²) < 4.78 is 4.93. The summed E-state index contributed by atoms with van der Waals surface area (Å²) in [6.07, 6.45) is 6.04. The first kappa shape index (κ1) is 31.2. The van der Waals surface area contributed by atoms with Crippen molar-refractivity contribution in [1.82, 2.24) is 4.90 Å². The van der Waals surface area contributed by atoms with Crippen molar-refractivity contribution in [2.45, 2.75) is 62.5 Å². The van der Waals surface area contributed by atoms with Gasteiger partial charge in [-0.15, -0.1) is 24.9 Å². The number of anilines is 2. The Balaban J connectivity index is 1.70. The van der Waals surface area contributed by atoms with Crippen LogP contribution in [0.2, 0.25) is 0 Å². The maximum absolute atomic E-state index is 14.6. The SMILES string of the molecule is C=CCCCOC(=O)[C@@H]1[C@@H]2CC(C)C3(S2)C(C(=O)N(CC=C)c2ccc(N(CC)CC)cc2)N(CCCO)C(=O)[C@H]13. The number of benzene rings is 1. The van der Waals surface area contributed by atoms with Gasteiger partial charge in [-0.2, -0.15) is 0 Å². The molecular formula is C32H45N3O5S. The Labute approximate surface area is 248 Å². The number of allylic oxidation sites excluding steroid dienone is 1. The molecule has 3 fully saturated rings. The van der Waals surface area contributed by atoms with Crippen molar-refractivity contribution in [3.05, 3.63) is 49.6 Å². The number of nitrogens with zero attached hydrogens (tertiary/aromatic N) is 3. The number of aliphatic hydroxyl groups is 1. The smallest absolute Gasteiger partial charge is 0.310 e. The molecule has 6 atom stereocenters. The van der Waals surface area contributed by atoms with E-state index < -0.39 is 22.6 Å². The molecule has 3 aliphatic heterocycles. The van der Waals surface area contributed by atoms with E-state index >= 15 is 0 Å². The molecule has 0 radical (unpaired) electrons. The number of carbonyl (C=O) groups excluding carboxylic acids is 3. The van der Waals surface area contributed by atoms with Crippen molar-refractivity contribution < 1.29 is 24.2 Å². The highest BCUT2D eigenvalue weighted by Gasteiger charge is 2.76. The van der Waals surface area contributed by atoms with Crippen LogP contribution in [0.15, 0.2) is 49.6 Å². The first-order valence-corrected chi connectivity index (χ1v) is 15.8. The molecule has 1 N–H and O–H groups in total. The Morgan fingerprint density at radius 2 is 1.83 bits per heavy atom. The number of amides is 2. The van der Waals surface area contributed by atoms with Crippen LogP contribution >= 0.6 is 11.8 Å². The molecule has 9 heteroatoms. The van der Waals surface area contributed by atoms with E-state index in [-0.39, 0.29) is 48.7 Å². The first-order chi connectivity index (χ1) is 19.8. The number of esters is 1. The molecule has 224 valence electrons. The van der Waals surface area contributed by atoms with Gasteiger partial charge in [0, 0.05) is 49.4 Å². The molecule has 8 nitrogen and oxygen atoms in total. The van der Waals surface area contributed by atoms with E-state index in [0.29, 0.717) is 19.4 Å². The summed E-state index contributed by atoms with van der Waals surface area (Å²) >= 11 is 1.64. The second-order valence-corrected chi connectivity index (χ2v) is 12.7. The summed E-state index contributed by atoms with van der Waals surface area (Å²) in [7, 11) is 0. The van der Waals surface area contributed by atoms with Gasteiger partial charge in [-0.25, -0.2) is 0 Å². The predicted molar refractivity (Wildman–Crippen MR) is 165 cm³/mol. The number of hydrogen-bond acceptors (Lipinski definition) is 7. The van der Waals surface area contributed by atoms with E-state index in [2.05, 4.69) is 38.8 Å². The molecular weight excluding hydrogens is 538 g/mol. The Morgan fingerprint density at radius 3 is 2.44 bits per heavy atom. The van der Waals surface area contributed by atoms with Crippen LogP contribution in [0.1, 0.15) is 46.5 Å². The summed E-state index contributed by atoms with van der Waals surface area (Å²) in [5, 5.41) is 9.58. The largest absolute Gasteiger partial charge is 0.465 e. The molecule has 2 bridgehead atoms. The zero-order valence-electron chi connectivity index (χ0n) is 24.7. The minimum atomic E-state index is -0.752. The fourth-order valence-electron chi connectivity index (χ4n) is 7.08. The van der Waals surface area contributed by atoms with E-state index in [1.807, 2.05) is 24.3 Å². The number of ether oxygens (including phenoxy) is 1. The molecule has 0 aromatic heterocycles. The lowest BCUT2D eigenvalue weighted by atomic mass is 9.66. The topological polar surface area (TPSA) is 90.4 Å². The minimum absolute atomic E-state index is 0.0555. The van der Waals surface area contributed by atoms with Crippen molar-refractivity contribution in [3.63, 3.8) is 0 Å². The molecule has 2 amide bonds. The number of rotatable bonds is 15. The number of thioether (sulfide) groups is 1. The fraction of sp³-hybridized carbons (Fsp3) is 0.594. The maximum atomic E-state index is 14.6. The van der Waals surface area contributed by atoms with Crippen molar-refractivity contribution in [2.75, 3.05) is 49.2 Å². The van der Waals surface area contributed by atoms with Gasteiger partial charge in [0.15, 0.2) is 0 Å². The van der Waals surface area contributed by atoms with Gasteiger partial charge in [0.25, 0.3) is 5.91 Å². The molecule has 3 saturated heterocycles. The van der Waals surface area contributed by atoms with Crippen LogP contribution in [0.3, 0.4) is 0 Å². The lowest BCUT2D eigenvalue weighted by Crippen LogP contribution is -2.57. The minimum Gasteiger partial charge on any atom is -0.465 e. The lowest BCUT2D eigenvalue weighted by molar-refractivity contribution is -0.154. The van der Waals surface area contributed by atoms with E-state index in [9.17, 15) is 19.5 Å². The van der Waals surface area contributed by atoms with E-state index in [0.717, 1.165) is 37.3 Å². The highest BCUT2D eigenvalue weighted by atomic mass is 32.2. The van der Waals surface area contributed by atoms with E-state index in [1.165, 1.54) is 0 Å². The third-order valence-electron chi connectivity index (χ3n) is 8.97. The number of hydrogen-bond donors (Lipinski definition) is 1. The first-order valence-electron chi connectivity index (χ1n) is 14.9. The summed E-state index contributed by atoms with van der Waals surface area (Å²) in [5.74, 6) is -1.85. The van der Waals surface area contributed by atoms with Crippen LogP contribution in [0.4, 0.5) is 11.4 Å². The van der Waals surface area contributed by atoms with Gasteiger partial charge in [-0.3, -0.25) is 14.4 Å². The second-order valence-electron chi connectivity index (χ2n) is 11.2. The summed E-state index contributed by atoms with van der Waals surface area (Å²) in [6, 6.07) is 7.19. The zero-order valence-corrected chi connectivity index (χ0v) is 25.5. The van der Waals surface area contributed by atoms with E-state index in [1.54, 1.807) is 33.7 Å². The van der Waals surface area contributed by atoms with E-state index in [4.69, 9.17) is 4.74 Å².